The van der Waals surface area contributed by atoms with Gasteiger partial charge in [-0.2, -0.15) is 0 Å². The normalized spacial score (nSPS) is 16.9. The number of nitrogens with one attached hydrogen (secondary N) is 1. The highest BCUT2D eigenvalue weighted by atomic mass is 16.6. The van der Waals surface area contributed by atoms with Crippen molar-refractivity contribution in [3.8, 4) is 0 Å². The molecule has 0 aliphatic carbocycles. The second-order valence-corrected chi connectivity index (χ2v) is 4.33. The number of nitrogens with zero attached hydrogens (tertiary/aromatic N) is 2. The van der Waals surface area contributed by atoms with E-state index in [4.69, 9.17) is 0 Å². The molecule has 0 atom stereocenters. The van der Waals surface area contributed by atoms with Crippen LogP contribution >= 0.6 is 0 Å². The van der Waals surface area contributed by atoms with E-state index in [0.717, 1.165) is 25.9 Å². The van der Waals surface area contributed by atoms with Gasteiger partial charge in [-0.15, -0.1) is 0 Å². The van der Waals surface area contributed by atoms with Gasteiger partial charge in [0.2, 0.25) is 0 Å². The second-order valence-electron chi connectivity index (χ2n) is 4.33. The lowest BCUT2D eigenvalue weighted by atomic mass is 9.98. The smallest absolute Gasteiger partial charge is 0.285 e. The second kappa shape index (κ2) is 5.09. The number of pyridine rings is 1. The predicted molar refractivity (Wildman–Crippen MR) is 63.0 cm³/mol. The average Bonchev–Trinajstić information content (AvgIpc) is 2.33. The van der Waals surface area contributed by atoms with Crippen LogP contribution in [0, 0.1) is 16.0 Å². The molecule has 0 amide bonds. The summed E-state index contributed by atoms with van der Waals surface area (Å²) < 4.78 is 1.45. The molecule has 1 aromatic rings. The third-order valence-electron chi connectivity index (χ3n) is 3.09. The lowest BCUT2D eigenvalue weighted by Crippen LogP contribution is -2.32. The first kappa shape index (κ1) is 11.8. The number of hydrogen-bond acceptors (Lipinski definition) is 4. The first-order valence-corrected chi connectivity index (χ1v) is 5.72. The van der Waals surface area contributed by atoms with Crippen molar-refractivity contribution >= 4 is 5.69 Å². The van der Waals surface area contributed by atoms with Crippen molar-refractivity contribution in [3.05, 3.63) is 38.8 Å². The van der Waals surface area contributed by atoms with E-state index < -0.39 is 4.92 Å². The van der Waals surface area contributed by atoms with Gasteiger partial charge in [0.05, 0.1) is 11.1 Å². The minimum absolute atomic E-state index is 0.0291. The van der Waals surface area contributed by atoms with Crippen LogP contribution in [0.4, 0.5) is 5.69 Å². The van der Waals surface area contributed by atoms with Crippen LogP contribution in [0.15, 0.2) is 23.1 Å². The number of nitro groups is 1. The maximum Gasteiger partial charge on any atom is 0.285 e. The van der Waals surface area contributed by atoms with E-state index in [1.165, 1.54) is 22.9 Å². The molecule has 92 valence electrons. The number of rotatable bonds is 3. The Kier molecular flexibility index (Phi) is 3.53. The van der Waals surface area contributed by atoms with Crippen LogP contribution in [-0.2, 0) is 6.54 Å². The summed E-state index contributed by atoms with van der Waals surface area (Å²) in [4.78, 5) is 21.8. The number of hydrogen-bond donors (Lipinski definition) is 1. The predicted octanol–water partition coefficient (Wildman–Crippen LogP) is 0.756. The van der Waals surface area contributed by atoms with E-state index in [9.17, 15) is 14.9 Å². The average molecular weight is 237 g/mol. The fourth-order valence-corrected chi connectivity index (χ4v) is 2.11. The Hall–Kier alpha value is -1.69. The van der Waals surface area contributed by atoms with E-state index in [1.54, 1.807) is 0 Å². The molecule has 2 heterocycles. The van der Waals surface area contributed by atoms with Crippen molar-refractivity contribution in [2.24, 2.45) is 5.92 Å². The van der Waals surface area contributed by atoms with Gasteiger partial charge in [-0.05, 0) is 31.8 Å². The lowest BCUT2D eigenvalue weighted by Gasteiger charge is -2.23. The van der Waals surface area contributed by atoms with Crippen LogP contribution in [0.25, 0.3) is 0 Å². The van der Waals surface area contributed by atoms with E-state index in [-0.39, 0.29) is 11.2 Å². The van der Waals surface area contributed by atoms with Crippen LogP contribution in [0.3, 0.4) is 0 Å². The summed E-state index contributed by atoms with van der Waals surface area (Å²) in [6.07, 6.45) is 3.36. The topological polar surface area (TPSA) is 77.2 Å². The molecule has 0 unspecified atom stereocenters. The molecule has 0 saturated carbocycles. The molecule has 0 aromatic carbocycles. The number of piperidine rings is 1. The molecule has 17 heavy (non-hydrogen) atoms. The van der Waals surface area contributed by atoms with Crippen molar-refractivity contribution in [2.45, 2.75) is 19.4 Å². The van der Waals surface area contributed by atoms with Crippen molar-refractivity contribution in [3.63, 3.8) is 0 Å². The highest BCUT2D eigenvalue weighted by molar-refractivity contribution is 5.24. The molecule has 1 aromatic heterocycles. The van der Waals surface area contributed by atoms with Gasteiger partial charge >= 0.3 is 0 Å². The van der Waals surface area contributed by atoms with Gasteiger partial charge < -0.3 is 9.88 Å². The SMILES string of the molecule is O=c1ccc([N+](=O)[O-])cn1CC1CCNCC1. The molecule has 1 aliphatic heterocycles. The third kappa shape index (κ3) is 2.91. The zero-order valence-corrected chi connectivity index (χ0v) is 9.46. The summed E-state index contributed by atoms with van der Waals surface area (Å²) in [7, 11) is 0. The molecular weight excluding hydrogens is 222 g/mol. The molecule has 1 aliphatic rings. The van der Waals surface area contributed by atoms with Crippen LogP contribution < -0.4 is 10.9 Å². The fraction of sp³-hybridized carbons (Fsp3) is 0.545. The Morgan fingerprint density at radius 1 is 1.41 bits per heavy atom. The summed E-state index contributed by atoms with van der Waals surface area (Å²) in [5, 5.41) is 13.9. The first-order valence-electron chi connectivity index (χ1n) is 5.72. The molecule has 6 heteroatoms. The van der Waals surface area contributed by atoms with Gasteiger partial charge in [0.15, 0.2) is 0 Å². The maximum atomic E-state index is 11.6. The van der Waals surface area contributed by atoms with E-state index in [2.05, 4.69) is 5.32 Å². The van der Waals surface area contributed by atoms with Crippen molar-refractivity contribution in [1.82, 2.24) is 9.88 Å². The third-order valence-corrected chi connectivity index (χ3v) is 3.09. The van der Waals surface area contributed by atoms with Gasteiger partial charge in [-0.25, -0.2) is 0 Å². The summed E-state index contributed by atoms with van der Waals surface area (Å²) in [5.41, 5.74) is -0.201. The molecule has 1 fully saturated rings. The molecule has 6 nitrogen and oxygen atoms in total. The quantitative estimate of drug-likeness (QED) is 0.621. The van der Waals surface area contributed by atoms with Crippen LogP contribution in [0.5, 0.6) is 0 Å². The Bertz CT molecular complexity index is 463. The van der Waals surface area contributed by atoms with E-state index >= 15 is 0 Å². The van der Waals surface area contributed by atoms with Gasteiger partial charge in [0.25, 0.3) is 11.2 Å². The number of aromatic nitrogens is 1. The monoisotopic (exact) mass is 237 g/mol. The van der Waals surface area contributed by atoms with Gasteiger partial charge in [-0.1, -0.05) is 0 Å². The molecule has 2 rings (SSSR count). The van der Waals surface area contributed by atoms with Crippen LogP contribution in [0.2, 0.25) is 0 Å². The van der Waals surface area contributed by atoms with Gasteiger partial charge in [0.1, 0.15) is 0 Å². The van der Waals surface area contributed by atoms with Crippen molar-refractivity contribution < 1.29 is 4.92 Å². The minimum Gasteiger partial charge on any atom is -0.317 e. The standard InChI is InChI=1S/C11H15N3O3/c15-11-2-1-10(14(16)17)8-13(11)7-9-3-5-12-6-4-9/h1-2,8-9,12H,3-7H2. The summed E-state index contributed by atoms with van der Waals surface area (Å²) in [5.74, 6) is 0.427. The lowest BCUT2D eigenvalue weighted by molar-refractivity contribution is -0.385. The summed E-state index contributed by atoms with van der Waals surface area (Å²) in [6.45, 7) is 2.48. The molecule has 0 spiro atoms. The fourth-order valence-electron chi connectivity index (χ4n) is 2.11. The van der Waals surface area contributed by atoms with Crippen molar-refractivity contribution in [2.75, 3.05) is 13.1 Å². The molecule has 0 radical (unpaired) electrons. The Morgan fingerprint density at radius 3 is 2.76 bits per heavy atom. The zero-order valence-electron chi connectivity index (χ0n) is 9.46. The highest BCUT2D eigenvalue weighted by Crippen LogP contribution is 2.14. The largest absolute Gasteiger partial charge is 0.317 e. The molecular formula is C11H15N3O3. The zero-order chi connectivity index (χ0) is 12.3. The molecule has 1 N–H and O–H groups in total. The van der Waals surface area contributed by atoms with Gasteiger partial charge in [-0.3, -0.25) is 14.9 Å². The Balaban J connectivity index is 2.16. The van der Waals surface area contributed by atoms with Crippen LogP contribution in [0.1, 0.15) is 12.8 Å². The summed E-state index contributed by atoms with van der Waals surface area (Å²) in [6, 6.07) is 2.51. The first-order chi connectivity index (χ1) is 8.16. The van der Waals surface area contributed by atoms with Crippen molar-refractivity contribution in [1.29, 1.82) is 0 Å². The maximum absolute atomic E-state index is 11.6. The Morgan fingerprint density at radius 2 is 2.12 bits per heavy atom. The highest BCUT2D eigenvalue weighted by Gasteiger charge is 2.15. The minimum atomic E-state index is -0.474. The van der Waals surface area contributed by atoms with E-state index in [0.29, 0.717) is 12.5 Å². The Labute approximate surface area is 98.4 Å². The molecule has 1 saturated heterocycles. The summed E-state index contributed by atoms with van der Waals surface area (Å²) >= 11 is 0. The van der Waals surface area contributed by atoms with E-state index in [1.807, 2.05) is 0 Å². The van der Waals surface area contributed by atoms with Gasteiger partial charge in [0, 0.05) is 18.7 Å². The molecule has 0 bridgehead atoms. The van der Waals surface area contributed by atoms with Crippen LogP contribution in [-0.4, -0.2) is 22.6 Å².